The molecule has 0 saturated carbocycles. The van der Waals surface area contributed by atoms with Crippen LogP contribution in [0.3, 0.4) is 0 Å². The van der Waals surface area contributed by atoms with Crippen molar-refractivity contribution in [1.82, 2.24) is 0 Å². The van der Waals surface area contributed by atoms with Gasteiger partial charge in [-0.25, -0.2) is 4.90 Å². The molecule has 2 aromatic rings. The van der Waals surface area contributed by atoms with E-state index in [0.29, 0.717) is 11.4 Å². The van der Waals surface area contributed by atoms with Gasteiger partial charge < -0.3 is 10.5 Å². The molecule has 3 aliphatic heterocycles. The van der Waals surface area contributed by atoms with E-state index in [1.807, 2.05) is 36.5 Å². The number of rotatable bonds is 3. The minimum Gasteiger partial charge on any atom is -0.497 e. The predicted molar refractivity (Wildman–Crippen MR) is 105 cm³/mol. The number of quaternary nitrogens is 1. The molecule has 29 heavy (non-hydrogen) atoms. The first-order valence-electron chi connectivity index (χ1n) is 9.48. The number of hydrogen-bond donors (Lipinski definition) is 2. The van der Waals surface area contributed by atoms with Crippen LogP contribution in [0.5, 0.6) is 5.75 Å². The summed E-state index contributed by atoms with van der Waals surface area (Å²) in [6.07, 6.45) is 3.79. The highest BCUT2D eigenvalue weighted by Crippen LogP contribution is 2.44. The SMILES string of the molecule is COc1ccc(N2C(=O)[C@@H]3[C@H](C2=O)[C@H]2c4ccccc4C=C[NH+]2[C@@H]3C(N)=O)cc1. The lowest BCUT2D eigenvalue weighted by molar-refractivity contribution is -0.884. The molecular weight excluding hydrogens is 370 g/mol. The highest BCUT2D eigenvalue weighted by atomic mass is 16.5. The Kier molecular flexibility index (Phi) is 3.82. The fourth-order valence-electron chi connectivity index (χ4n) is 5.06. The van der Waals surface area contributed by atoms with E-state index in [2.05, 4.69) is 0 Å². The summed E-state index contributed by atoms with van der Waals surface area (Å²) >= 11 is 0. The summed E-state index contributed by atoms with van der Waals surface area (Å²) in [5, 5.41) is 0. The van der Waals surface area contributed by atoms with E-state index in [0.717, 1.165) is 16.0 Å². The quantitative estimate of drug-likeness (QED) is 0.736. The maximum absolute atomic E-state index is 13.5. The van der Waals surface area contributed by atoms with E-state index in [-0.39, 0.29) is 17.9 Å². The number of carbonyl (C=O) groups excluding carboxylic acids is 3. The van der Waals surface area contributed by atoms with Crippen LogP contribution in [0.15, 0.2) is 54.7 Å². The standard InChI is InChI=1S/C22H19N3O4/c1-29-14-8-6-13(7-9-14)25-21(27)16-17(22(25)28)19(20(23)26)24-11-10-12-4-2-3-5-15(12)18(16)24/h2-11,16-19H,1H3,(H2,23,26)/p+1/t16-,17+,18+,19-/m0/s1. The number of nitrogens with two attached hydrogens (primary N) is 1. The van der Waals surface area contributed by atoms with Gasteiger partial charge in [0, 0.05) is 5.56 Å². The molecule has 0 spiro atoms. The Labute approximate surface area is 167 Å². The average molecular weight is 390 g/mol. The third kappa shape index (κ3) is 2.37. The number of ether oxygens (including phenoxy) is 1. The normalized spacial score (nSPS) is 29.4. The maximum Gasteiger partial charge on any atom is 0.277 e. The monoisotopic (exact) mass is 390 g/mol. The number of primary amides is 1. The van der Waals surface area contributed by atoms with Crippen LogP contribution in [0.4, 0.5) is 5.69 Å². The first kappa shape index (κ1) is 17.6. The number of imide groups is 1. The van der Waals surface area contributed by atoms with Crippen molar-refractivity contribution in [2.24, 2.45) is 17.6 Å². The number of hydrogen-bond acceptors (Lipinski definition) is 4. The van der Waals surface area contributed by atoms with Crippen molar-refractivity contribution in [2.75, 3.05) is 12.0 Å². The fraction of sp³-hybridized carbons (Fsp3) is 0.227. The lowest BCUT2D eigenvalue weighted by Gasteiger charge is -2.30. The number of methoxy groups -OCH3 is 1. The second-order valence-corrected chi connectivity index (χ2v) is 7.58. The number of fused-ring (bicyclic) bond motifs is 5. The van der Waals surface area contributed by atoms with Crippen LogP contribution in [-0.2, 0) is 14.4 Å². The van der Waals surface area contributed by atoms with Crippen LogP contribution < -0.4 is 20.3 Å². The van der Waals surface area contributed by atoms with Crippen molar-refractivity contribution in [3.8, 4) is 5.75 Å². The highest BCUT2D eigenvalue weighted by Gasteiger charge is 2.67. The Hall–Kier alpha value is -3.45. The van der Waals surface area contributed by atoms with Crippen molar-refractivity contribution in [3.63, 3.8) is 0 Å². The van der Waals surface area contributed by atoms with E-state index < -0.39 is 23.8 Å². The molecule has 5 atom stereocenters. The average Bonchev–Trinajstić information content (AvgIpc) is 3.21. The van der Waals surface area contributed by atoms with Gasteiger partial charge in [0.15, 0.2) is 6.04 Å². The molecule has 5 rings (SSSR count). The summed E-state index contributed by atoms with van der Waals surface area (Å²) in [5.41, 5.74) is 8.14. The zero-order valence-electron chi connectivity index (χ0n) is 15.7. The van der Waals surface area contributed by atoms with Gasteiger partial charge >= 0.3 is 0 Å². The van der Waals surface area contributed by atoms with E-state index in [9.17, 15) is 14.4 Å². The van der Waals surface area contributed by atoms with Crippen molar-refractivity contribution < 1.29 is 24.0 Å². The zero-order chi connectivity index (χ0) is 20.3. The van der Waals surface area contributed by atoms with E-state index in [4.69, 9.17) is 10.5 Å². The number of amides is 3. The Morgan fingerprint density at radius 2 is 1.72 bits per heavy atom. The van der Waals surface area contributed by atoms with Crippen LogP contribution in [0.2, 0.25) is 0 Å². The molecular formula is C22H20N3O4+. The number of nitrogens with one attached hydrogen (secondary N) is 1. The molecule has 1 unspecified atom stereocenters. The molecule has 7 nitrogen and oxygen atoms in total. The summed E-state index contributed by atoms with van der Waals surface area (Å²) in [6, 6.07) is 13.4. The van der Waals surface area contributed by atoms with Gasteiger partial charge in [0.05, 0.1) is 19.0 Å². The molecule has 146 valence electrons. The predicted octanol–water partition coefficient (Wildman–Crippen LogP) is 0.279. The van der Waals surface area contributed by atoms with Gasteiger partial charge in [0.1, 0.15) is 23.6 Å². The molecule has 2 saturated heterocycles. The molecule has 0 bridgehead atoms. The minimum absolute atomic E-state index is 0.290. The van der Waals surface area contributed by atoms with Crippen LogP contribution >= 0.6 is 0 Å². The van der Waals surface area contributed by atoms with Gasteiger partial charge in [0.2, 0.25) is 11.8 Å². The maximum atomic E-state index is 13.5. The van der Waals surface area contributed by atoms with Gasteiger partial charge in [-0.15, -0.1) is 0 Å². The molecule has 7 heteroatoms. The molecule has 0 aromatic heterocycles. The molecule has 0 radical (unpaired) electrons. The van der Waals surface area contributed by atoms with E-state index >= 15 is 0 Å². The van der Waals surface area contributed by atoms with Crippen molar-refractivity contribution >= 4 is 29.5 Å². The van der Waals surface area contributed by atoms with Crippen molar-refractivity contribution in [2.45, 2.75) is 12.1 Å². The lowest BCUT2D eigenvalue weighted by Crippen LogP contribution is -3.12. The molecule has 3 N–H and O–H groups in total. The summed E-state index contributed by atoms with van der Waals surface area (Å²) < 4.78 is 5.16. The van der Waals surface area contributed by atoms with Crippen LogP contribution in [0, 0.1) is 11.8 Å². The lowest BCUT2D eigenvalue weighted by atomic mass is 9.84. The van der Waals surface area contributed by atoms with Gasteiger partial charge in [-0.3, -0.25) is 19.3 Å². The van der Waals surface area contributed by atoms with Crippen LogP contribution in [-0.4, -0.2) is 30.9 Å². The second kappa shape index (κ2) is 6.28. The fourth-order valence-corrected chi connectivity index (χ4v) is 5.06. The highest BCUT2D eigenvalue weighted by molar-refractivity contribution is 6.23. The summed E-state index contributed by atoms with van der Waals surface area (Å²) in [4.78, 5) is 41.1. The molecule has 3 aliphatic rings. The summed E-state index contributed by atoms with van der Waals surface area (Å²) in [6.45, 7) is 0. The first-order valence-corrected chi connectivity index (χ1v) is 9.48. The second-order valence-electron chi connectivity index (χ2n) is 7.58. The summed E-state index contributed by atoms with van der Waals surface area (Å²) in [5.74, 6) is -2.02. The molecule has 3 amide bonds. The third-order valence-corrected chi connectivity index (χ3v) is 6.26. The van der Waals surface area contributed by atoms with Crippen LogP contribution in [0.25, 0.3) is 6.08 Å². The Bertz CT molecular complexity index is 1060. The molecule has 2 fully saturated rings. The van der Waals surface area contributed by atoms with E-state index in [1.54, 1.807) is 31.4 Å². The van der Waals surface area contributed by atoms with Gasteiger partial charge in [0.25, 0.3) is 5.91 Å². The van der Waals surface area contributed by atoms with Crippen molar-refractivity contribution in [1.29, 1.82) is 0 Å². The topological polar surface area (TPSA) is 94.1 Å². The van der Waals surface area contributed by atoms with E-state index in [1.165, 1.54) is 4.90 Å². The largest absolute Gasteiger partial charge is 0.497 e. The number of carbonyl (C=O) groups is 3. The Morgan fingerprint density at radius 3 is 2.41 bits per heavy atom. The van der Waals surface area contributed by atoms with Gasteiger partial charge in [-0.05, 0) is 35.9 Å². The zero-order valence-corrected chi connectivity index (χ0v) is 15.7. The first-order chi connectivity index (χ1) is 14.0. The van der Waals surface area contributed by atoms with Gasteiger partial charge in [-0.2, -0.15) is 0 Å². The number of benzene rings is 2. The molecule has 0 aliphatic carbocycles. The van der Waals surface area contributed by atoms with Crippen LogP contribution in [0.1, 0.15) is 17.2 Å². The Morgan fingerprint density at radius 1 is 1.03 bits per heavy atom. The minimum atomic E-state index is -0.783. The number of nitrogens with zero attached hydrogens (tertiary/aromatic N) is 1. The summed E-state index contributed by atoms with van der Waals surface area (Å²) in [7, 11) is 1.55. The smallest absolute Gasteiger partial charge is 0.277 e. The number of anilines is 1. The molecule has 3 heterocycles. The van der Waals surface area contributed by atoms with Gasteiger partial charge in [-0.1, -0.05) is 24.3 Å². The van der Waals surface area contributed by atoms with Crippen molar-refractivity contribution in [3.05, 3.63) is 65.9 Å². The Balaban J connectivity index is 1.62. The molecule has 2 aromatic carbocycles. The third-order valence-electron chi connectivity index (χ3n) is 6.26.